The van der Waals surface area contributed by atoms with E-state index in [-0.39, 0.29) is 11.6 Å². The Balaban J connectivity index is 2.00. The maximum Gasteiger partial charge on any atom is 0.356 e. The Morgan fingerprint density at radius 1 is 1.04 bits per heavy atom. The number of para-hydroxylation sites is 1. The van der Waals surface area contributed by atoms with Gasteiger partial charge in [-0.15, -0.1) is 0 Å². The molecule has 1 amide bonds. The van der Waals surface area contributed by atoms with E-state index in [9.17, 15) is 14.8 Å². The quantitative estimate of drug-likeness (QED) is 0.729. The molecule has 3 rings (SSSR count). The van der Waals surface area contributed by atoms with Crippen LogP contribution >= 0.6 is 0 Å². The van der Waals surface area contributed by atoms with Gasteiger partial charge in [-0.25, -0.2) is 4.79 Å². The lowest BCUT2D eigenvalue weighted by atomic mass is 10.1. The molecular weight excluding hydrogens is 296 g/mol. The van der Waals surface area contributed by atoms with Crippen molar-refractivity contribution in [1.29, 1.82) is 0 Å². The van der Waals surface area contributed by atoms with E-state index in [1.54, 1.807) is 19.2 Å². The molecule has 0 bridgehead atoms. The first-order valence-corrected chi connectivity index (χ1v) is 6.90. The van der Waals surface area contributed by atoms with Gasteiger partial charge in [0.15, 0.2) is 5.69 Å². The van der Waals surface area contributed by atoms with E-state index in [4.69, 9.17) is 5.11 Å². The van der Waals surface area contributed by atoms with Crippen molar-refractivity contribution < 1.29 is 19.9 Å². The number of nitrogens with zero attached hydrogens (tertiary/aromatic N) is 2. The van der Waals surface area contributed by atoms with Gasteiger partial charge in [0, 0.05) is 23.7 Å². The molecule has 6 nitrogen and oxygen atoms in total. The van der Waals surface area contributed by atoms with Crippen molar-refractivity contribution in [2.75, 3.05) is 11.9 Å². The topological polar surface area (TPSA) is 82.8 Å². The minimum absolute atomic E-state index is 0.222. The van der Waals surface area contributed by atoms with Crippen molar-refractivity contribution in [2.45, 2.75) is 0 Å². The van der Waals surface area contributed by atoms with E-state index in [1.807, 2.05) is 30.3 Å². The number of carboxylic acid groups (broad SMARTS) is 1. The zero-order valence-corrected chi connectivity index (χ0v) is 12.3. The number of hydrogen-bond donors (Lipinski definition) is 2. The molecule has 116 valence electrons. The molecule has 0 aliphatic heterocycles. The van der Waals surface area contributed by atoms with Gasteiger partial charge in [-0.05, 0) is 36.4 Å². The Morgan fingerprint density at radius 2 is 1.74 bits per heavy atom. The second-order valence-electron chi connectivity index (χ2n) is 5.12. The van der Waals surface area contributed by atoms with Gasteiger partial charge >= 0.3 is 5.97 Å². The van der Waals surface area contributed by atoms with Crippen LogP contribution in [-0.4, -0.2) is 34.0 Å². The summed E-state index contributed by atoms with van der Waals surface area (Å²) in [4.78, 5) is 25.1. The lowest BCUT2D eigenvalue weighted by molar-refractivity contribution is 0.0649. The average Bonchev–Trinajstić information content (AvgIpc) is 2.91. The maximum atomic E-state index is 12.6. The van der Waals surface area contributed by atoms with Crippen LogP contribution in [0.1, 0.15) is 20.8 Å². The second-order valence-corrected chi connectivity index (χ2v) is 5.12. The highest BCUT2D eigenvalue weighted by Gasteiger charge is 2.18. The van der Waals surface area contributed by atoms with Gasteiger partial charge in [0.05, 0.1) is 5.52 Å². The lowest BCUT2D eigenvalue weighted by Gasteiger charge is -2.17. The van der Waals surface area contributed by atoms with Gasteiger partial charge < -0.3 is 15.2 Å². The summed E-state index contributed by atoms with van der Waals surface area (Å²) < 4.78 is 0.604. The lowest BCUT2D eigenvalue weighted by Crippen LogP contribution is -2.26. The summed E-state index contributed by atoms with van der Waals surface area (Å²) in [6.07, 6.45) is 0. The Morgan fingerprint density at radius 3 is 2.39 bits per heavy atom. The van der Waals surface area contributed by atoms with Crippen molar-refractivity contribution in [3.8, 4) is 0 Å². The van der Waals surface area contributed by atoms with Crippen molar-refractivity contribution >= 4 is 28.5 Å². The van der Waals surface area contributed by atoms with Crippen LogP contribution in [0, 0.1) is 0 Å². The number of carbonyl (C=O) groups excluding carboxylic acids is 1. The van der Waals surface area contributed by atoms with Crippen molar-refractivity contribution in [3.05, 3.63) is 65.9 Å². The smallest absolute Gasteiger partial charge is 0.356 e. The maximum absolute atomic E-state index is 12.6. The molecule has 0 saturated carbocycles. The van der Waals surface area contributed by atoms with Crippen molar-refractivity contribution in [2.24, 2.45) is 0 Å². The second kappa shape index (κ2) is 5.49. The summed E-state index contributed by atoms with van der Waals surface area (Å²) in [7, 11) is 1.67. The summed E-state index contributed by atoms with van der Waals surface area (Å²) in [5.74, 6) is -1.46. The molecule has 2 aromatic carbocycles. The van der Waals surface area contributed by atoms with Crippen molar-refractivity contribution in [1.82, 2.24) is 4.73 Å². The molecule has 0 spiro atoms. The van der Waals surface area contributed by atoms with Gasteiger partial charge in [0.25, 0.3) is 5.91 Å². The highest BCUT2D eigenvalue weighted by Crippen LogP contribution is 2.22. The fourth-order valence-electron chi connectivity index (χ4n) is 2.45. The molecule has 0 aliphatic carbocycles. The van der Waals surface area contributed by atoms with E-state index >= 15 is 0 Å². The monoisotopic (exact) mass is 310 g/mol. The number of aromatic carboxylic acids is 1. The molecule has 0 atom stereocenters. The van der Waals surface area contributed by atoms with Crippen LogP contribution in [0.25, 0.3) is 10.9 Å². The van der Waals surface area contributed by atoms with Crippen LogP contribution < -0.4 is 4.90 Å². The van der Waals surface area contributed by atoms with E-state index in [2.05, 4.69) is 0 Å². The Bertz CT molecular complexity index is 900. The molecule has 23 heavy (non-hydrogen) atoms. The number of benzene rings is 2. The number of fused-ring (bicyclic) bond motifs is 1. The molecule has 0 unspecified atom stereocenters. The third kappa shape index (κ3) is 2.50. The number of aromatic nitrogens is 1. The van der Waals surface area contributed by atoms with E-state index in [0.717, 1.165) is 5.69 Å². The molecule has 0 saturated heterocycles. The highest BCUT2D eigenvalue weighted by molar-refractivity contribution is 6.08. The Labute approximate surface area is 131 Å². The molecule has 2 N–H and O–H groups in total. The predicted molar refractivity (Wildman–Crippen MR) is 85.3 cm³/mol. The minimum Gasteiger partial charge on any atom is -0.476 e. The standard InChI is InChI=1S/C17H14N2O4/c1-18(13-5-3-2-4-6-13)16(20)11-7-8-14-12(9-11)10-15(17(21)22)19(14)23/h2-10,23H,1H3,(H,21,22). The highest BCUT2D eigenvalue weighted by atomic mass is 16.5. The fourth-order valence-corrected chi connectivity index (χ4v) is 2.45. The summed E-state index contributed by atoms with van der Waals surface area (Å²) >= 11 is 0. The number of carboxylic acids is 1. The molecular formula is C17H14N2O4. The molecule has 0 fully saturated rings. The van der Waals surface area contributed by atoms with Gasteiger partial charge in [0.2, 0.25) is 0 Å². The Kier molecular flexibility index (Phi) is 3.50. The first-order chi connectivity index (χ1) is 11.0. The number of rotatable bonds is 3. The molecule has 3 aromatic rings. The summed E-state index contributed by atoms with van der Waals surface area (Å²) in [6.45, 7) is 0. The van der Waals surface area contributed by atoms with Gasteiger partial charge in [-0.2, -0.15) is 4.73 Å². The van der Waals surface area contributed by atoms with Gasteiger partial charge in [0.1, 0.15) is 0 Å². The average molecular weight is 310 g/mol. The number of anilines is 1. The van der Waals surface area contributed by atoms with Crippen LogP contribution in [0.15, 0.2) is 54.6 Å². The van der Waals surface area contributed by atoms with Crippen LogP contribution in [0.4, 0.5) is 5.69 Å². The summed E-state index contributed by atoms with van der Waals surface area (Å²) in [5, 5.41) is 19.3. The summed E-state index contributed by atoms with van der Waals surface area (Å²) in [5.41, 5.74) is 1.25. The van der Waals surface area contributed by atoms with Gasteiger partial charge in [-0.1, -0.05) is 18.2 Å². The van der Waals surface area contributed by atoms with Gasteiger partial charge in [-0.3, -0.25) is 4.79 Å². The van der Waals surface area contributed by atoms with Crippen LogP contribution in [0.2, 0.25) is 0 Å². The molecule has 1 heterocycles. The zero-order valence-electron chi connectivity index (χ0n) is 12.3. The third-order valence-corrected chi connectivity index (χ3v) is 3.69. The first-order valence-electron chi connectivity index (χ1n) is 6.90. The first kappa shape index (κ1) is 14.6. The predicted octanol–water partition coefficient (Wildman–Crippen LogP) is 2.85. The van der Waals surface area contributed by atoms with Crippen LogP contribution in [-0.2, 0) is 0 Å². The minimum atomic E-state index is -1.24. The van der Waals surface area contributed by atoms with Crippen LogP contribution in [0.3, 0.4) is 0 Å². The third-order valence-electron chi connectivity index (χ3n) is 3.69. The zero-order chi connectivity index (χ0) is 16.6. The van der Waals surface area contributed by atoms with E-state index in [0.29, 0.717) is 21.2 Å². The van der Waals surface area contributed by atoms with E-state index in [1.165, 1.54) is 17.0 Å². The molecule has 6 heteroatoms. The van der Waals surface area contributed by atoms with Crippen molar-refractivity contribution in [3.63, 3.8) is 0 Å². The number of amides is 1. The molecule has 0 aliphatic rings. The fraction of sp³-hybridized carbons (Fsp3) is 0.0588. The van der Waals surface area contributed by atoms with Crippen LogP contribution in [0.5, 0.6) is 0 Å². The number of hydrogen-bond acceptors (Lipinski definition) is 3. The van der Waals surface area contributed by atoms with E-state index < -0.39 is 5.97 Å². The SMILES string of the molecule is CN(C(=O)c1ccc2c(c1)cc(C(=O)O)n2O)c1ccccc1. The normalized spacial score (nSPS) is 10.7. The number of carbonyl (C=O) groups is 2. The molecule has 0 radical (unpaired) electrons. The summed E-state index contributed by atoms with van der Waals surface area (Å²) in [6, 6.07) is 15.2. The molecule has 1 aromatic heterocycles. The largest absolute Gasteiger partial charge is 0.476 e. The Hall–Kier alpha value is -3.28.